The molecule has 2 fully saturated rings. The van der Waals surface area contributed by atoms with Gasteiger partial charge < -0.3 is 10.2 Å². The van der Waals surface area contributed by atoms with Gasteiger partial charge in [-0.15, -0.1) is 0 Å². The Balaban J connectivity index is 1.47. The van der Waals surface area contributed by atoms with Gasteiger partial charge in [-0.3, -0.25) is 24.1 Å². The second kappa shape index (κ2) is 11.1. The number of benzene rings is 1. The van der Waals surface area contributed by atoms with Crippen LogP contribution in [0.5, 0.6) is 0 Å². The van der Waals surface area contributed by atoms with E-state index in [4.69, 9.17) is 23.2 Å². The first-order valence-electron chi connectivity index (χ1n) is 12.3. The Morgan fingerprint density at radius 1 is 1.09 bits per heavy atom. The molecule has 0 bridgehead atoms. The number of carbonyl (C=O) groups is 4. The molecular formula is C26H31Cl2N3O4. The van der Waals surface area contributed by atoms with Gasteiger partial charge in [-0.1, -0.05) is 54.3 Å². The van der Waals surface area contributed by atoms with E-state index in [1.54, 1.807) is 25.1 Å². The van der Waals surface area contributed by atoms with Crippen LogP contribution in [0.15, 0.2) is 30.4 Å². The van der Waals surface area contributed by atoms with Crippen molar-refractivity contribution in [3.63, 3.8) is 0 Å². The zero-order valence-corrected chi connectivity index (χ0v) is 21.4. The molecule has 1 saturated heterocycles. The van der Waals surface area contributed by atoms with Crippen LogP contribution in [-0.2, 0) is 25.7 Å². The Morgan fingerprint density at radius 3 is 2.31 bits per heavy atom. The van der Waals surface area contributed by atoms with Gasteiger partial charge in [-0.05, 0) is 50.3 Å². The maximum Gasteiger partial charge on any atom is 0.242 e. The topological polar surface area (TPSA) is 86.8 Å². The van der Waals surface area contributed by atoms with Crippen molar-refractivity contribution in [3.05, 3.63) is 46.0 Å². The summed E-state index contributed by atoms with van der Waals surface area (Å²) < 4.78 is 0. The Morgan fingerprint density at radius 2 is 1.71 bits per heavy atom. The number of halogens is 2. The molecule has 0 aromatic heterocycles. The summed E-state index contributed by atoms with van der Waals surface area (Å²) in [6, 6.07) is 4.40. The molecule has 9 heteroatoms. The molecule has 1 aliphatic heterocycles. The number of imide groups is 1. The lowest BCUT2D eigenvalue weighted by Crippen LogP contribution is -2.50. The molecule has 4 rings (SSSR count). The highest BCUT2D eigenvalue weighted by molar-refractivity contribution is 6.35. The van der Waals surface area contributed by atoms with Crippen molar-refractivity contribution in [1.82, 2.24) is 15.1 Å². The molecule has 1 aromatic rings. The van der Waals surface area contributed by atoms with Crippen LogP contribution in [0.4, 0.5) is 0 Å². The minimum atomic E-state index is -0.744. The van der Waals surface area contributed by atoms with Crippen molar-refractivity contribution >= 4 is 46.8 Å². The molecule has 1 aromatic carbocycles. The molecule has 0 unspecified atom stereocenters. The van der Waals surface area contributed by atoms with Crippen LogP contribution >= 0.6 is 23.2 Å². The van der Waals surface area contributed by atoms with E-state index < -0.39 is 6.04 Å². The third-order valence-electron chi connectivity index (χ3n) is 7.37. The van der Waals surface area contributed by atoms with Gasteiger partial charge >= 0.3 is 0 Å². The van der Waals surface area contributed by atoms with E-state index in [0.717, 1.165) is 25.7 Å². The quantitative estimate of drug-likeness (QED) is 0.413. The van der Waals surface area contributed by atoms with Crippen LogP contribution in [0, 0.1) is 11.8 Å². The summed E-state index contributed by atoms with van der Waals surface area (Å²) in [4.78, 5) is 54.7. The van der Waals surface area contributed by atoms with Crippen LogP contribution < -0.4 is 5.32 Å². The lowest BCUT2D eigenvalue weighted by Gasteiger charge is -2.30. The summed E-state index contributed by atoms with van der Waals surface area (Å²) in [6.07, 6.45) is 8.95. The monoisotopic (exact) mass is 519 g/mol. The van der Waals surface area contributed by atoms with Gasteiger partial charge in [-0.2, -0.15) is 0 Å². The fourth-order valence-corrected chi connectivity index (χ4v) is 5.72. The number of rotatable bonds is 8. The van der Waals surface area contributed by atoms with Crippen molar-refractivity contribution in [2.24, 2.45) is 11.8 Å². The summed E-state index contributed by atoms with van der Waals surface area (Å²) in [5.41, 5.74) is 0.662. The fraction of sp³-hybridized carbons (Fsp3) is 0.538. The van der Waals surface area contributed by atoms with Crippen LogP contribution in [0.1, 0.15) is 57.4 Å². The summed E-state index contributed by atoms with van der Waals surface area (Å²) >= 11 is 12.4. The summed E-state index contributed by atoms with van der Waals surface area (Å²) in [5.74, 6) is -1.63. The Labute approximate surface area is 215 Å². The molecule has 1 saturated carbocycles. The first kappa shape index (κ1) is 25.7. The average Bonchev–Trinajstić information content (AvgIpc) is 3.43. The van der Waals surface area contributed by atoms with Crippen LogP contribution in [-0.4, -0.2) is 52.1 Å². The van der Waals surface area contributed by atoms with Gasteiger partial charge in [0.15, 0.2) is 0 Å². The van der Waals surface area contributed by atoms with Crippen molar-refractivity contribution in [3.8, 4) is 0 Å². The van der Waals surface area contributed by atoms with Gasteiger partial charge in [0, 0.05) is 35.6 Å². The maximum absolute atomic E-state index is 13.4. The molecule has 188 valence electrons. The Bertz CT molecular complexity index is 1010. The highest BCUT2D eigenvalue weighted by Crippen LogP contribution is 2.35. The van der Waals surface area contributed by atoms with Crippen molar-refractivity contribution in [2.45, 2.75) is 70.5 Å². The number of likely N-dealkylation sites (tertiary alicyclic amines) is 1. The third-order valence-corrected chi connectivity index (χ3v) is 7.96. The van der Waals surface area contributed by atoms with E-state index in [9.17, 15) is 19.2 Å². The van der Waals surface area contributed by atoms with Gasteiger partial charge in [0.1, 0.15) is 6.04 Å². The molecule has 7 nitrogen and oxygen atoms in total. The predicted octanol–water partition coefficient (Wildman–Crippen LogP) is 4.11. The maximum atomic E-state index is 13.4. The second-order valence-electron chi connectivity index (χ2n) is 9.66. The number of nitrogens with zero attached hydrogens (tertiary/aromatic N) is 2. The first-order valence-corrected chi connectivity index (χ1v) is 13.1. The highest BCUT2D eigenvalue weighted by Gasteiger charge is 2.47. The SMILES string of the molecule is C[C@@H](C(=O)NC1CCCC1)N(Cc1ccc(Cl)cc1Cl)C(=O)CCN1C(=O)[C@H]2CC=CC[C@H]2C1=O. The van der Waals surface area contributed by atoms with Crippen molar-refractivity contribution < 1.29 is 19.2 Å². The number of nitrogens with one attached hydrogen (secondary N) is 1. The standard InChI is InChI=1S/C26H31Cl2N3O4/c1-16(24(33)29-19-6-2-3-7-19)31(15-17-10-11-18(27)14-22(17)28)23(32)12-13-30-25(34)20-8-4-5-9-21(20)26(30)35/h4-5,10-11,14,16,19-21H,2-3,6-9,12-13,15H2,1H3,(H,29,33)/t16-,20-,21+/m0/s1. The van der Waals surface area contributed by atoms with Gasteiger partial charge in [-0.25, -0.2) is 0 Å². The Kier molecular flexibility index (Phi) is 8.17. The largest absolute Gasteiger partial charge is 0.352 e. The normalized spacial score (nSPS) is 22.9. The summed E-state index contributed by atoms with van der Waals surface area (Å²) in [6.45, 7) is 1.81. The molecule has 0 radical (unpaired) electrons. The zero-order chi connectivity index (χ0) is 25.1. The lowest BCUT2D eigenvalue weighted by molar-refractivity contribution is -0.144. The van der Waals surface area contributed by atoms with Crippen molar-refractivity contribution in [2.75, 3.05) is 6.54 Å². The fourth-order valence-electron chi connectivity index (χ4n) is 5.25. The number of hydrogen-bond acceptors (Lipinski definition) is 4. The smallest absolute Gasteiger partial charge is 0.242 e. The molecule has 4 amide bonds. The van der Waals surface area contributed by atoms with E-state index in [1.807, 2.05) is 12.2 Å². The minimum absolute atomic E-state index is 0.00527. The van der Waals surface area contributed by atoms with E-state index in [-0.39, 0.29) is 61.0 Å². The van der Waals surface area contributed by atoms with E-state index in [1.165, 1.54) is 9.80 Å². The van der Waals surface area contributed by atoms with Crippen LogP contribution in [0.3, 0.4) is 0 Å². The van der Waals surface area contributed by atoms with Gasteiger partial charge in [0.05, 0.1) is 11.8 Å². The number of amides is 4. The lowest BCUT2D eigenvalue weighted by atomic mass is 9.85. The first-order chi connectivity index (χ1) is 16.8. The summed E-state index contributed by atoms with van der Waals surface area (Å²) in [5, 5.41) is 3.94. The van der Waals surface area contributed by atoms with Crippen LogP contribution in [0.25, 0.3) is 0 Å². The third kappa shape index (κ3) is 5.72. The number of fused-ring (bicyclic) bond motifs is 1. The number of carbonyl (C=O) groups excluding carboxylic acids is 4. The molecule has 1 N–H and O–H groups in total. The number of allylic oxidation sites excluding steroid dienone is 2. The molecule has 0 spiro atoms. The molecule has 2 aliphatic carbocycles. The minimum Gasteiger partial charge on any atom is -0.352 e. The molecule has 3 aliphatic rings. The van der Waals surface area contributed by atoms with E-state index in [2.05, 4.69) is 5.32 Å². The highest BCUT2D eigenvalue weighted by atomic mass is 35.5. The van der Waals surface area contributed by atoms with Gasteiger partial charge in [0.2, 0.25) is 23.6 Å². The molecule has 35 heavy (non-hydrogen) atoms. The molecule has 1 heterocycles. The van der Waals surface area contributed by atoms with Crippen molar-refractivity contribution in [1.29, 1.82) is 0 Å². The average molecular weight is 520 g/mol. The number of hydrogen-bond donors (Lipinski definition) is 1. The van der Waals surface area contributed by atoms with Gasteiger partial charge in [0.25, 0.3) is 0 Å². The zero-order valence-electron chi connectivity index (χ0n) is 19.8. The molecule has 3 atom stereocenters. The predicted molar refractivity (Wildman–Crippen MR) is 134 cm³/mol. The Hall–Kier alpha value is -2.38. The summed E-state index contributed by atoms with van der Waals surface area (Å²) in [7, 11) is 0. The van der Waals surface area contributed by atoms with Crippen LogP contribution in [0.2, 0.25) is 10.0 Å². The second-order valence-corrected chi connectivity index (χ2v) is 10.5. The van der Waals surface area contributed by atoms with E-state index in [0.29, 0.717) is 28.5 Å². The van der Waals surface area contributed by atoms with E-state index >= 15 is 0 Å². The molecular weight excluding hydrogens is 489 g/mol.